The maximum atomic E-state index is 12.2. The van der Waals surface area contributed by atoms with Crippen LogP contribution in [0.25, 0.3) is 0 Å². The second kappa shape index (κ2) is 9.63. The van der Waals surface area contributed by atoms with Gasteiger partial charge in [0.15, 0.2) is 6.61 Å². The van der Waals surface area contributed by atoms with Crippen molar-refractivity contribution in [3.8, 4) is 0 Å². The summed E-state index contributed by atoms with van der Waals surface area (Å²) in [6.07, 6.45) is 1.65. The van der Waals surface area contributed by atoms with E-state index in [1.165, 1.54) is 18.5 Å². The number of benzene rings is 1. The van der Waals surface area contributed by atoms with Crippen molar-refractivity contribution in [3.63, 3.8) is 0 Å². The molecular weight excluding hydrogens is 364 g/mol. The SMILES string of the molecule is CCCC(NC(=O)COC(=O)Cn1nc(C)c([N+](=O)[O-])c1C)c1ccccc1. The highest BCUT2D eigenvalue weighted by Crippen LogP contribution is 2.21. The Morgan fingerprint density at radius 3 is 2.54 bits per heavy atom. The van der Waals surface area contributed by atoms with Crippen molar-refractivity contribution >= 4 is 17.6 Å². The molecule has 1 amide bonds. The van der Waals surface area contributed by atoms with Crippen molar-refractivity contribution in [2.24, 2.45) is 0 Å². The lowest BCUT2D eigenvalue weighted by molar-refractivity contribution is -0.386. The largest absolute Gasteiger partial charge is 0.454 e. The van der Waals surface area contributed by atoms with Crippen LogP contribution in [0.2, 0.25) is 0 Å². The Balaban J connectivity index is 1.91. The predicted molar refractivity (Wildman–Crippen MR) is 102 cm³/mol. The second-order valence-corrected chi connectivity index (χ2v) is 6.41. The summed E-state index contributed by atoms with van der Waals surface area (Å²) in [5.74, 6) is -1.10. The number of ether oxygens (including phenoxy) is 1. The van der Waals surface area contributed by atoms with Gasteiger partial charge in [0.25, 0.3) is 5.91 Å². The van der Waals surface area contributed by atoms with Crippen LogP contribution in [-0.4, -0.2) is 33.2 Å². The van der Waals surface area contributed by atoms with E-state index in [9.17, 15) is 19.7 Å². The molecule has 0 saturated carbocycles. The number of carbonyl (C=O) groups is 2. The molecule has 9 nitrogen and oxygen atoms in total. The van der Waals surface area contributed by atoms with E-state index < -0.39 is 23.4 Å². The number of nitrogens with one attached hydrogen (secondary N) is 1. The number of nitrogens with zero attached hydrogens (tertiary/aromatic N) is 3. The van der Waals surface area contributed by atoms with Gasteiger partial charge in [-0.1, -0.05) is 43.7 Å². The van der Waals surface area contributed by atoms with Gasteiger partial charge in [0, 0.05) is 0 Å². The normalized spacial score (nSPS) is 11.7. The van der Waals surface area contributed by atoms with Crippen LogP contribution >= 0.6 is 0 Å². The lowest BCUT2D eigenvalue weighted by Crippen LogP contribution is -2.33. The lowest BCUT2D eigenvalue weighted by atomic mass is 10.0. The third kappa shape index (κ3) is 5.38. The Labute approximate surface area is 162 Å². The first-order chi connectivity index (χ1) is 13.3. The van der Waals surface area contributed by atoms with E-state index in [1.54, 1.807) is 0 Å². The summed E-state index contributed by atoms with van der Waals surface area (Å²) in [7, 11) is 0. The van der Waals surface area contributed by atoms with Crippen molar-refractivity contribution in [1.29, 1.82) is 0 Å². The zero-order chi connectivity index (χ0) is 20.7. The van der Waals surface area contributed by atoms with E-state index >= 15 is 0 Å². The average Bonchev–Trinajstić information content (AvgIpc) is 2.93. The highest BCUT2D eigenvalue weighted by Gasteiger charge is 2.23. The second-order valence-electron chi connectivity index (χ2n) is 6.41. The molecule has 1 N–H and O–H groups in total. The maximum absolute atomic E-state index is 12.2. The summed E-state index contributed by atoms with van der Waals surface area (Å²) < 4.78 is 6.21. The molecule has 150 valence electrons. The van der Waals surface area contributed by atoms with Gasteiger partial charge < -0.3 is 10.1 Å². The number of hydrogen-bond donors (Lipinski definition) is 1. The van der Waals surface area contributed by atoms with Gasteiger partial charge in [-0.05, 0) is 25.8 Å². The Bertz CT molecular complexity index is 848. The van der Waals surface area contributed by atoms with Crippen LogP contribution in [0.4, 0.5) is 5.69 Å². The van der Waals surface area contributed by atoms with Gasteiger partial charge in [-0.25, -0.2) is 0 Å². The van der Waals surface area contributed by atoms with E-state index in [0.29, 0.717) is 0 Å². The number of aryl methyl sites for hydroxylation is 1. The summed E-state index contributed by atoms with van der Waals surface area (Å²) in [5.41, 5.74) is 1.34. The van der Waals surface area contributed by atoms with E-state index in [0.717, 1.165) is 18.4 Å². The van der Waals surface area contributed by atoms with Crippen molar-refractivity contribution in [3.05, 3.63) is 57.4 Å². The van der Waals surface area contributed by atoms with Gasteiger partial charge in [0.1, 0.15) is 17.9 Å². The fraction of sp³-hybridized carbons (Fsp3) is 0.421. The van der Waals surface area contributed by atoms with Gasteiger partial charge in [-0.2, -0.15) is 5.10 Å². The van der Waals surface area contributed by atoms with Gasteiger partial charge in [0.2, 0.25) is 0 Å². The number of aromatic nitrogens is 2. The topological polar surface area (TPSA) is 116 Å². The van der Waals surface area contributed by atoms with Crippen LogP contribution in [0.15, 0.2) is 30.3 Å². The van der Waals surface area contributed by atoms with Gasteiger partial charge in [-0.3, -0.25) is 24.4 Å². The Morgan fingerprint density at radius 1 is 1.29 bits per heavy atom. The molecule has 1 atom stereocenters. The molecule has 0 aliphatic rings. The monoisotopic (exact) mass is 388 g/mol. The number of esters is 1. The van der Waals surface area contributed by atoms with Crippen LogP contribution in [0, 0.1) is 24.0 Å². The number of carbonyl (C=O) groups excluding carboxylic acids is 2. The fourth-order valence-electron chi connectivity index (χ4n) is 2.95. The van der Waals surface area contributed by atoms with E-state index in [4.69, 9.17) is 4.74 Å². The molecule has 1 aromatic heterocycles. The van der Waals surface area contributed by atoms with Gasteiger partial charge in [0.05, 0.1) is 11.0 Å². The molecule has 2 rings (SSSR count). The molecule has 0 aliphatic heterocycles. The minimum absolute atomic E-state index is 0.129. The van der Waals surface area contributed by atoms with E-state index in [-0.39, 0.29) is 29.7 Å². The zero-order valence-electron chi connectivity index (χ0n) is 16.2. The third-order valence-electron chi connectivity index (χ3n) is 4.28. The van der Waals surface area contributed by atoms with Crippen molar-refractivity contribution in [2.75, 3.05) is 6.61 Å². The first kappa shape index (κ1) is 21.1. The molecule has 1 heterocycles. The quantitative estimate of drug-likeness (QED) is 0.401. The molecule has 28 heavy (non-hydrogen) atoms. The van der Waals surface area contributed by atoms with Crippen LogP contribution in [0.5, 0.6) is 0 Å². The Kier molecular flexibility index (Phi) is 7.25. The molecule has 1 unspecified atom stereocenters. The van der Waals surface area contributed by atoms with E-state index in [2.05, 4.69) is 10.4 Å². The van der Waals surface area contributed by atoms with Gasteiger partial charge >= 0.3 is 11.7 Å². The fourth-order valence-corrected chi connectivity index (χ4v) is 2.95. The summed E-state index contributed by atoms with van der Waals surface area (Å²) >= 11 is 0. The number of hydrogen-bond acceptors (Lipinski definition) is 6. The van der Waals surface area contributed by atoms with Crippen LogP contribution in [0.3, 0.4) is 0 Å². The molecule has 1 aromatic carbocycles. The number of rotatable bonds is 9. The number of nitro groups is 1. The van der Waals surface area contributed by atoms with Crippen LogP contribution < -0.4 is 5.32 Å². The minimum atomic E-state index is -0.692. The van der Waals surface area contributed by atoms with Gasteiger partial charge in [-0.15, -0.1) is 0 Å². The number of amides is 1. The first-order valence-electron chi connectivity index (χ1n) is 9.01. The van der Waals surface area contributed by atoms with Crippen LogP contribution in [0.1, 0.15) is 42.8 Å². The zero-order valence-corrected chi connectivity index (χ0v) is 16.2. The Morgan fingerprint density at radius 2 is 1.96 bits per heavy atom. The molecule has 0 fully saturated rings. The molecule has 0 bridgehead atoms. The van der Waals surface area contributed by atoms with Crippen molar-refractivity contribution < 1.29 is 19.2 Å². The van der Waals surface area contributed by atoms with E-state index in [1.807, 2.05) is 37.3 Å². The third-order valence-corrected chi connectivity index (χ3v) is 4.28. The molecule has 9 heteroatoms. The molecule has 0 spiro atoms. The average molecular weight is 388 g/mol. The highest BCUT2D eigenvalue weighted by molar-refractivity contribution is 5.80. The Hall–Kier alpha value is -3.23. The van der Waals surface area contributed by atoms with Crippen molar-refractivity contribution in [1.82, 2.24) is 15.1 Å². The highest BCUT2D eigenvalue weighted by atomic mass is 16.6. The summed E-state index contributed by atoms with van der Waals surface area (Å²) in [6.45, 7) is 4.30. The lowest BCUT2D eigenvalue weighted by Gasteiger charge is -2.18. The summed E-state index contributed by atoms with van der Waals surface area (Å²) in [5, 5.41) is 17.9. The van der Waals surface area contributed by atoms with Crippen molar-refractivity contribution in [2.45, 2.75) is 46.2 Å². The molecule has 0 aliphatic carbocycles. The first-order valence-corrected chi connectivity index (χ1v) is 9.01. The smallest absolute Gasteiger partial charge is 0.328 e. The molecule has 2 aromatic rings. The minimum Gasteiger partial charge on any atom is -0.454 e. The summed E-state index contributed by atoms with van der Waals surface area (Å²) in [4.78, 5) is 34.7. The molecular formula is C19H24N4O5. The molecule has 0 saturated heterocycles. The standard InChI is InChI=1S/C19H24N4O5/c1-4-8-16(15-9-6-5-7-10-15)20-17(24)12-28-18(25)11-22-14(3)19(23(26)27)13(2)21-22/h5-7,9-10,16H,4,8,11-12H2,1-3H3,(H,20,24). The maximum Gasteiger partial charge on any atom is 0.328 e. The molecule has 0 radical (unpaired) electrons. The van der Waals surface area contributed by atoms with Crippen LogP contribution in [-0.2, 0) is 20.9 Å². The predicted octanol–water partition coefficient (Wildman–Crippen LogP) is 2.61. The summed E-state index contributed by atoms with van der Waals surface area (Å²) in [6, 6.07) is 9.41.